The molecule has 0 aromatic carbocycles. The van der Waals surface area contributed by atoms with Crippen LogP contribution in [0.1, 0.15) is 31.1 Å². The number of methoxy groups -OCH3 is 1. The molecule has 1 atom stereocenters. The largest absolute Gasteiger partial charge is 0.481 e. The molecular weight excluding hydrogens is 234 g/mol. The topological polar surface area (TPSA) is 86.0 Å². The Bertz CT molecular complexity index is 514. The quantitative estimate of drug-likeness (QED) is 0.863. The van der Waals surface area contributed by atoms with Crippen LogP contribution < -0.4 is 10.1 Å². The zero-order valence-corrected chi connectivity index (χ0v) is 10.5. The van der Waals surface area contributed by atoms with Crippen molar-refractivity contribution in [2.45, 2.75) is 26.3 Å². The van der Waals surface area contributed by atoms with E-state index >= 15 is 0 Å². The molecule has 0 saturated heterocycles. The maximum Gasteiger partial charge on any atom is 0.226 e. The number of ether oxygens (including phenoxy) is 1. The van der Waals surface area contributed by atoms with E-state index in [1.165, 1.54) is 0 Å². The molecule has 0 fully saturated rings. The van der Waals surface area contributed by atoms with Gasteiger partial charge in [-0.25, -0.2) is 4.98 Å². The minimum Gasteiger partial charge on any atom is -0.481 e. The van der Waals surface area contributed by atoms with Gasteiger partial charge in [0.25, 0.3) is 0 Å². The molecule has 0 aliphatic heterocycles. The van der Waals surface area contributed by atoms with E-state index in [-0.39, 0.29) is 6.04 Å². The molecule has 0 saturated carbocycles. The fourth-order valence-electron chi connectivity index (χ4n) is 1.49. The third-order valence-electron chi connectivity index (χ3n) is 2.41. The Morgan fingerprint density at radius 2 is 2.28 bits per heavy atom. The lowest BCUT2D eigenvalue weighted by molar-refractivity contribution is 0.383. The van der Waals surface area contributed by atoms with E-state index in [0.717, 1.165) is 6.42 Å². The average molecular weight is 249 g/mol. The van der Waals surface area contributed by atoms with Gasteiger partial charge < -0.3 is 14.6 Å². The Balaban J connectivity index is 2.14. The van der Waals surface area contributed by atoms with Gasteiger partial charge >= 0.3 is 0 Å². The van der Waals surface area contributed by atoms with Crippen LogP contribution in [0.5, 0.6) is 5.88 Å². The number of nitrogens with one attached hydrogen (secondary N) is 1. The van der Waals surface area contributed by atoms with Crippen LogP contribution in [-0.4, -0.2) is 27.2 Å². The molecule has 2 rings (SSSR count). The Labute approximate surface area is 105 Å². The lowest BCUT2D eigenvalue weighted by atomic mass is 10.2. The van der Waals surface area contributed by atoms with Gasteiger partial charge in [0, 0.05) is 19.2 Å². The summed E-state index contributed by atoms with van der Waals surface area (Å²) in [5.74, 6) is 2.12. The molecule has 0 spiro atoms. The summed E-state index contributed by atoms with van der Waals surface area (Å²) in [5.41, 5.74) is 0. The number of aryl methyl sites for hydroxylation is 1. The van der Waals surface area contributed by atoms with E-state index in [9.17, 15) is 0 Å². The highest BCUT2D eigenvalue weighted by atomic mass is 16.5. The fourth-order valence-corrected chi connectivity index (χ4v) is 1.49. The SMILES string of the molecule is CCC(Nc1nccc(OC)n1)c1noc(C)n1. The number of hydrogen-bond acceptors (Lipinski definition) is 7. The number of anilines is 1. The van der Waals surface area contributed by atoms with Gasteiger partial charge in [-0.3, -0.25) is 0 Å². The zero-order valence-electron chi connectivity index (χ0n) is 10.5. The number of nitrogens with zero attached hydrogens (tertiary/aromatic N) is 4. The van der Waals surface area contributed by atoms with Crippen molar-refractivity contribution in [3.63, 3.8) is 0 Å². The van der Waals surface area contributed by atoms with Gasteiger partial charge in [0.1, 0.15) is 0 Å². The standard InChI is InChI=1S/C11H15N5O2/c1-4-8(10-13-7(2)18-16-10)14-11-12-6-5-9(15-11)17-3/h5-6,8H,4H2,1-3H3,(H,12,14,15). The molecular formula is C11H15N5O2. The zero-order chi connectivity index (χ0) is 13.0. The molecule has 0 aliphatic carbocycles. The molecule has 0 amide bonds. The lowest BCUT2D eigenvalue weighted by Crippen LogP contribution is -2.13. The van der Waals surface area contributed by atoms with Crippen LogP contribution in [0.4, 0.5) is 5.95 Å². The molecule has 1 unspecified atom stereocenters. The fraction of sp³-hybridized carbons (Fsp3) is 0.455. The van der Waals surface area contributed by atoms with Crippen molar-refractivity contribution >= 4 is 5.95 Å². The van der Waals surface area contributed by atoms with Crippen molar-refractivity contribution in [2.24, 2.45) is 0 Å². The minimum absolute atomic E-state index is 0.0884. The monoisotopic (exact) mass is 249 g/mol. The number of hydrogen-bond donors (Lipinski definition) is 1. The van der Waals surface area contributed by atoms with Crippen LogP contribution in [0.15, 0.2) is 16.8 Å². The maximum absolute atomic E-state index is 5.04. The third-order valence-corrected chi connectivity index (χ3v) is 2.41. The van der Waals surface area contributed by atoms with E-state index in [0.29, 0.717) is 23.5 Å². The van der Waals surface area contributed by atoms with Gasteiger partial charge in [0.05, 0.1) is 13.2 Å². The highest BCUT2D eigenvalue weighted by molar-refractivity contribution is 5.30. The molecule has 0 radical (unpaired) electrons. The molecule has 0 bridgehead atoms. The van der Waals surface area contributed by atoms with Gasteiger partial charge in [0.15, 0.2) is 5.82 Å². The Morgan fingerprint density at radius 1 is 1.44 bits per heavy atom. The molecule has 2 aromatic heterocycles. The summed E-state index contributed by atoms with van der Waals surface area (Å²) in [4.78, 5) is 12.5. The van der Waals surface area contributed by atoms with E-state index < -0.39 is 0 Å². The van der Waals surface area contributed by atoms with Crippen molar-refractivity contribution < 1.29 is 9.26 Å². The summed E-state index contributed by atoms with van der Waals surface area (Å²) in [6.07, 6.45) is 2.42. The van der Waals surface area contributed by atoms with Crippen molar-refractivity contribution in [3.8, 4) is 5.88 Å². The first kappa shape index (κ1) is 12.3. The molecule has 96 valence electrons. The van der Waals surface area contributed by atoms with Crippen LogP contribution >= 0.6 is 0 Å². The smallest absolute Gasteiger partial charge is 0.226 e. The first-order valence-corrected chi connectivity index (χ1v) is 5.66. The Hall–Kier alpha value is -2.18. The van der Waals surface area contributed by atoms with Crippen LogP contribution in [0.25, 0.3) is 0 Å². The number of rotatable bonds is 5. The molecule has 18 heavy (non-hydrogen) atoms. The molecule has 2 heterocycles. The van der Waals surface area contributed by atoms with Crippen molar-refractivity contribution in [2.75, 3.05) is 12.4 Å². The molecule has 0 aliphatic rings. The van der Waals surface area contributed by atoms with Gasteiger partial charge in [-0.1, -0.05) is 12.1 Å². The van der Waals surface area contributed by atoms with Gasteiger partial charge in [-0.2, -0.15) is 9.97 Å². The molecule has 7 nitrogen and oxygen atoms in total. The molecule has 7 heteroatoms. The average Bonchev–Trinajstić information content (AvgIpc) is 2.82. The van der Waals surface area contributed by atoms with Gasteiger partial charge in [-0.15, -0.1) is 0 Å². The maximum atomic E-state index is 5.04. The minimum atomic E-state index is -0.0884. The molecule has 2 aromatic rings. The van der Waals surface area contributed by atoms with Crippen LogP contribution in [0.3, 0.4) is 0 Å². The van der Waals surface area contributed by atoms with Crippen molar-refractivity contribution in [3.05, 3.63) is 24.0 Å². The third kappa shape index (κ3) is 2.73. The second kappa shape index (κ2) is 5.44. The summed E-state index contributed by atoms with van der Waals surface area (Å²) >= 11 is 0. The summed E-state index contributed by atoms with van der Waals surface area (Å²) in [5, 5.41) is 7.04. The highest BCUT2D eigenvalue weighted by Crippen LogP contribution is 2.18. The van der Waals surface area contributed by atoms with Crippen LogP contribution in [-0.2, 0) is 0 Å². The van der Waals surface area contributed by atoms with Crippen molar-refractivity contribution in [1.29, 1.82) is 0 Å². The lowest BCUT2D eigenvalue weighted by Gasteiger charge is -2.12. The Morgan fingerprint density at radius 3 is 2.89 bits per heavy atom. The first-order valence-electron chi connectivity index (χ1n) is 5.66. The first-order chi connectivity index (χ1) is 8.72. The van der Waals surface area contributed by atoms with Gasteiger partial charge in [-0.05, 0) is 6.42 Å². The summed E-state index contributed by atoms with van der Waals surface area (Å²) in [7, 11) is 1.56. The second-order valence-electron chi connectivity index (χ2n) is 3.70. The summed E-state index contributed by atoms with van der Waals surface area (Å²) in [6, 6.07) is 1.60. The predicted octanol–water partition coefficient (Wildman–Crippen LogP) is 1.74. The van der Waals surface area contributed by atoms with Gasteiger partial charge in [0.2, 0.25) is 17.7 Å². The summed E-state index contributed by atoms with van der Waals surface area (Å²) in [6.45, 7) is 3.77. The van der Waals surface area contributed by atoms with Crippen molar-refractivity contribution in [1.82, 2.24) is 20.1 Å². The van der Waals surface area contributed by atoms with Crippen LogP contribution in [0, 0.1) is 6.92 Å². The molecule has 1 N–H and O–H groups in total. The second-order valence-corrected chi connectivity index (χ2v) is 3.70. The van der Waals surface area contributed by atoms with E-state index in [1.807, 2.05) is 6.92 Å². The van der Waals surface area contributed by atoms with E-state index in [2.05, 4.69) is 25.4 Å². The highest BCUT2D eigenvalue weighted by Gasteiger charge is 2.16. The van der Waals surface area contributed by atoms with E-state index in [4.69, 9.17) is 9.26 Å². The normalized spacial score (nSPS) is 12.2. The Kier molecular flexibility index (Phi) is 3.71. The summed E-state index contributed by atoms with van der Waals surface area (Å²) < 4.78 is 10.0. The predicted molar refractivity (Wildman–Crippen MR) is 64.3 cm³/mol. The number of aromatic nitrogens is 4. The van der Waals surface area contributed by atoms with Crippen LogP contribution in [0.2, 0.25) is 0 Å². The van der Waals surface area contributed by atoms with E-state index in [1.54, 1.807) is 26.3 Å².